The van der Waals surface area contributed by atoms with Gasteiger partial charge in [-0.25, -0.2) is 0 Å². The van der Waals surface area contributed by atoms with Crippen LogP contribution < -0.4 is 5.32 Å². The van der Waals surface area contributed by atoms with Crippen molar-refractivity contribution in [3.63, 3.8) is 0 Å². The van der Waals surface area contributed by atoms with Crippen molar-refractivity contribution in [3.8, 4) is 0 Å². The zero-order chi connectivity index (χ0) is 13.7. The molecule has 1 fully saturated rings. The first-order valence-electron chi connectivity index (χ1n) is 6.74. The first kappa shape index (κ1) is 14.7. The first-order valence-corrected chi connectivity index (χ1v) is 8.47. The van der Waals surface area contributed by atoms with Crippen LogP contribution in [0.2, 0.25) is 0 Å². The summed E-state index contributed by atoms with van der Waals surface area (Å²) in [6, 6.07) is 9.79. The molecule has 0 bridgehead atoms. The molecule has 0 saturated heterocycles. The Bertz CT molecular complexity index is 412. The van der Waals surface area contributed by atoms with Crippen LogP contribution >= 0.6 is 23.4 Å². The molecule has 1 aromatic carbocycles. The van der Waals surface area contributed by atoms with E-state index in [1.54, 1.807) is 0 Å². The molecule has 3 atom stereocenters. The van der Waals surface area contributed by atoms with Gasteiger partial charge in [0, 0.05) is 11.3 Å². The summed E-state index contributed by atoms with van der Waals surface area (Å²) in [6.07, 6.45) is 6.83. The van der Waals surface area contributed by atoms with Crippen LogP contribution in [0, 0.1) is 0 Å². The maximum atomic E-state index is 12.2. The molecule has 0 aromatic heterocycles. The van der Waals surface area contributed by atoms with Crippen LogP contribution in [0.15, 0.2) is 30.3 Å². The lowest BCUT2D eigenvalue weighted by atomic mass is 9.94. The summed E-state index contributed by atoms with van der Waals surface area (Å²) >= 11 is 8.09. The largest absolute Gasteiger partial charge is 0.351 e. The second-order valence-electron chi connectivity index (χ2n) is 4.95. The molecule has 0 radical (unpaired) electrons. The van der Waals surface area contributed by atoms with E-state index in [0.29, 0.717) is 5.25 Å². The van der Waals surface area contributed by atoms with E-state index in [1.807, 2.05) is 42.1 Å². The van der Waals surface area contributed by atoms with Crippen molar-refractivity contribution in [1.29, 1.82) is 0 Å². The van der Waals surface area contributed by atoms with Gasteiger partial charge in [0.15, 0.2) is 0 Å². The molecule has 4 heteroatoms. The highest BCUT2D eigenvalue weighted by Crippen LogP contribution is 2.28. The lowest BCUT2D eigenvalue weighted by Gasteiger charge is -2.31. The van der Waals surface area contributed by atoms with Gasteiger partial charge in [-0.2, -0.15) is 11.8 Å². The number of hydrogen-bond acceptors (Lipinski definition) is 2. The number of nitrogens with one attached hydrogen (secondary N) is 1. The molecule has 1 aliphatic rings. The van der Waals surface area contributed by atoms with E-state index in [-0.39, 0.29) is 11.9 Å². The molecule has 104 valence electrons. The van der Waals surface area contributed by atoms with Crippen LogP contribution in [-0.2, 0) is 4.79 Å². The van der Waals surface area contributed by atoms with Crippen LogP contribution in [0.3, 0.4) is 0 Å². The topological polar surface area (TPSA) is 29.1 Å². The molecule has 1 N–H and O–H groups in total. The zero-order valence-corrected chi connectivity index (χ0v) is 12.7. The molecule has 1 aliphatic carbocycles. The number of rotatable bonds is 4. The molecule has 2 nitrogen and oxygen atoms in total. The fraction of sp³-hybridized carbons (Fsp3) is 0.533. The second-order valence-corrected chi connectivity index (χ2v) is 6.46. The fourth-order valence-electron chi connectivity index (χ4n) is 2.57. The van der Waals surface area contributed by atoms with Gasteiger partial charge in [-0.05, 0) is 24.7 Å². The highest BCUT2D eigenvalue weighted by atomic mass is 35.5. The SMILES string of the molecule is CSC1CCCCC1NC(=O)C(Cl)c1ccccc1. The van der Waals surface area contributed by atoms with Gasteiger partial charge < -0.3 is 5.32 Å². The minimum absolute atomic E-state index is 0.0705. The molecule has 19 heavy (non-hydrogen) atoms. The molecule has 1 amide bonds. The zero-order valence-electron chi connectivity index (χ0n) is 11.1. The molecule has 0 spiro atoms. The van der Waals surface area contributed by atoms with E-state index in [9.17, 15) is 4.79 Å². The Labute approximate surface area is 124 Å². The Morgan fingerprint density at radius 2 is 2.00 bits per heavy atom. The Kier molecular flexibility index (Phi) is 5.59. The summed E-state index contributed by atoms with van der Waals surface area (Å²) < 4.78 is 0. The fourth-order valence-corrected chi connectivity index (χ4v) is 3.72. The summed E-state index contributed by atoms with van der Waals surface area (Å²) in [5, 5.41) is 3.06. The van der Waals surface area contributed by atoms with Gasteiger partial charge in [0.05, 0.1) is 0 Å². The van der Waals surface area contributed by atoms with Crippen molar-refractivity contribution in [1.82, 2.24) is 5.32 Å². The monoisotopic (exact) mass is 297 g/mol. The number of halogens is 1. The predicted molar refractivity (Wildman–Crippen MR) is 82.7 cm³/mol. The van der Waals surface area contributed by atoms with Crippen molar-refractivity contribution in [2.45, 2.75) is 42.4 Å². The molecular weight excluding hydrogens is 278 g/mol. The van der Waals surface area contributed by atoms with Crippen LogP contribution in [0.4, 0.5) is 0 Å². The van der Waals surface area contributed by atoms with Crippen LogP contribution in [0.25, 0.3) is 0 Å². The van der Waals surface area contributed by atoms with E-state index in [4.69, 9.17) is 11.6 Å². The average molecular weight is 298 g/mol. The van der Waals surface area contributed by atoms with Crippen LogP contribution in [0.1, 0.15) is 36.6 Å². The molecule has 0 heterocycles. The van der Waals surface area contributed by atoms with Gasteiger partial charge in [0.1, 0.15) is 5.38 Å². The minimum Gasteiger partial charge on any atom is -0.351 e. The lowest BCUT2D eigenvalue weighted by molar-refractivity contribution is -0.121. The third-order valence-corrected chi connectivity index (χ3v) is 5.28. The maximum Gasteiger partial charge on any atom is 0.242 e. The lowest BCUT2D eigenvalue weighted by Crippen LogP contribution is -2.44. The number of carbonyl (C=O) groups is 1. The molecule has 1 aromatic rings. The van der Waals surface area contributed by atoms with E-state index < -0.39 is 5.38 Å². The summed E-state index contributed by atoms with van der Waals surface area (Å²) in [5.41, 5.74) is 0.859. The summed E-state index contributed by atoms with van der Waals surface area (Å²) in [7, 11) is 0. The van der Waals surface area contributed by atoms with E-state index >= 15 is 0 Å². The van der Waals surface area contributed by atoms with Crippen molar-refractivity contribution >= 4 is 29.3 Å². The highest BCUT2D eigenvalue weighted by Gasteiger charge is 2.28. The van der Waals surface area contributed by atoms with Gasteiger partial charge in [0.25, 0.3) is 0 Å². The van der Waals surface area contributed by atoms with Crippen molar-refractivity contribution in [3.05, 3.63) is 35.9 Å². The second kappa shape index (κ2) is 7.20. The molecule has 2 rings (SSSR count). The van der Waals surface area contributed by atoms with Crippen LogP contribution in [0.5, 0.6) is 0 Å². The predicted octanol–water partition coefficient (Wildman–Crippen LogP) is 3.76. The Morgan fingerprint density at radius 1 is 1.32 bits per heavy atom. The standard InChI is InChI=1S/C15H20ClNOS/c1-19-13-10-6-5-9-12(13)17-15(18)14(16)11-7-3-2-4-8-11/h2-4,7-8,12-14H,5-6,9-10H2,1H3,(H,17,18). The molecule has 3 unspecified atom stereocenters. The normalized spacial score (nSPS) is 24.7. The van der Waals surface area contributed by atoms with E-state index in [1.165, 1.54) is 19.3 Å². The van der Waals surface area contributed by atoms with Crippen molar-refractivity contribution < 1.29 is 4.79 Å². The van der Waals surface area contributed by atoms with Crippen molar-refractivity contribution in [2.24, 2.45) is 0 Å². The van der Waals surface area contributed by atoms with Crippen LogP contribution in [-0.4, -0.2) is 23.5 Å². The van der Waals surface area contributed by atoms with E-state index in [0.717, 1.165) is 12.0 Å². The van der Waals surface area contributed by atoms with Gasteiger partial charge in [-0.3, -0.25) is 4.79 Å². The molecule has 1 saturated carbocycles. The first-order chi connectivity index (χ1) is 9.22. The number of carbonyl (C=O) groups excluding carboxylic acids is 1. The Hall–Kier alpha value is -0.670. The Balaban J connectivity index is 1.96. The number of amides is 1. The summed E-state index contributed by atoms with van der Waals surface area (Å²) in [6.45, 7) is 0. The van der Waals surface area contributed by atoms with Crippen molar-refractivity contribution in [2.75, 3.05) is 6.26 Å². The van der Waals surface area contributed by atoms with Gasteiger partial charge in [-0.1, -0.05) is 43.2 Å². The summed E-state index contributed by atoms with van der Waals surface area (Å²) in [4.78, 5) is 12.2. The number of benzene rings is 1. The molecule has 0 aliphatic heterocycles. The number of hydrogen-bond donors (Lipinski definition) is 1. The van der Waals surface area contributed by atoms with E-state index in [2.05, 4.69) is 11.6 Å². The van der Waals surface area contributed by atoms with Gasteiger partial charge >= 0.3 is 0 Å². The third-order valence-electron chi connectivity index (χ3n) is 3.66. The smallest absolute Gasteiger partial charge is 0.242 e. The summed E-state index contributed by atoms with van der Waals surface area (Å²) in [5.74, 6) is -0.0705. The highest BCUT2D eigenvalue weighted by molar-refractivity contribution is 7.99. The maximum absolute atomic E-state index is 12.2. The van der Waals surface area contributed by atoms with Gasteiger partial charge in [-0.15, -0.1) is 11.6 Å². The third kappa shape index (κ3) is 3.90. The average Bonchev–Trinajstić information content (AvgIpc) is 2.48. The Morgan fingerprint density at radius 3 is 2.68 bits per heavy atom. The minimum atomic E-state index is -0.592. The molecular formula is C15H20ClNOS. The quantitative estimate of drug-likeness (QED) is 0.858. The van der Waals surface area contributed by atoms with Gasteiger partial charge in [0.2, 0.25) is 5.91 Å². The number of alkyl halides is 1. The number of thioether (sulfide) groups is 1.